The molecule has 6 nitrogen and oxygen atoms in total. The number of aromatic nitrogens is 4. The van der Waals surface area contributed by atoms with Crippen LogP contribution in [0.2, 0.25) is 0 Å². The van der Waals surface area contributed by atoms with Gasteiger partial charge in [0, 0.05) is 50.3 Å². The summed E-state index contributed by atoms with van der Waals surface area (Å²) in [6.07, 6.45) is 1.16. The molecule has 6 heteroatoms. The summed E-state index contributed by atoms with van der Waals surface area (Å²) in [7, 11) is 0. The fourth-order valence-corrected chi connectivity index (χ4v) is 8.39. The highest BCUT2D eigenvalue weighted by atomic mass is 16.3. The van der Waals surface area contributed by atoms with Gasteiger partial charge < -0.3 is 14.2 Å². The van der Waals surface area contributed by atoms with E-state index in [4.69, 9.17) is 9.97 Å². The highest BCUT2D eigenvalue weighted by Crippen LogP contribution is 2.51. The van der Waals surface area contributed by atoms with E-state index in [-0.39, 0.29) is 0 Å². The second-order valence-corrected chi connectivity index (χ2v) is 14.0. The number of nitrogens with zero attached hydrogens (tertiary/aromatic N) is 5. The lowest BCUT2D eigenvalue weighted by Gasteiger charge is -2.36. The number of benzene rings is 7. The molecule has 10 aromatic rings. The van der Waals surface area contributed by atoms with Crippen molar-refractivity contribution in [2.24, 2.45) is 0 Å². The van der Waals surface area contributed by atoms with Crippen molar-refractivity contribution in [2.75, 3.05) is 4.90 Å². The Morgan fingerprint density at radius 1 is 0.509 bits per heavy atom. The topological polar surface area (TPSA) is 59.1 Å². The lowest BCUT2D eigenvalue weighted by Crippen LogP contribution is -2.32. The lowest BCUT2D eigenvalue weighted by atomic mass is 9.96. The van der Waals surface area contributed by atoms with E-state index in [1.165, 1.54) is 10.8 Å². The van der Waals surface area contributed by atoms with E-state index in [0.29, 0.717) is 5.95 Å². The van der Waals surface area contributed by atoms with Crippen molar-refractivity contribution in [3.8, 4) is 44.9 Å². The second kappa shape index (κ2) is 12.4. The predicted molar refractivity (Wildman–Crippen MR) is 223 cm³/mol. The highest BCUT2D eigenvalue weighted by Gasteiger charge is 2.37. The molecule has 3 aromatic heterocycles. The Morgan fingerprint density at radius 2 is 1.15 bits per heavy atom. The number of aliphatic hydroxyl groups is 1. The highest BCUT2D eigenvalue weighted by molar-refractivity contribution is 6.11. The maximum Gasteiger partial charge on any atom is 0.234 e. The zero-order valence-corrected chi connectivity index (χ0v) is 29.7. The van der Waals surface area contributed by atoms with Gasteiger partial charge in [-0.25, -0.2) is 9.97 Å². The normalized spacial score (nSPS) is 13.7. The molecule has 0 spiro atoms. The Bertz CT molecular complexity index is 3060. The minimum atomic E-state index is -1.05. The van der Waals surface area contributed by atoms with Gasteiger partial charge >= 0.3 is 0 Å². The number of rotatable bonds is 5. The standard InChI is InChI=1S/C49H33N5O/c55-48-38-24-12-14-26-42(38)52-31-40(34-28-29-44-39(30-34)36-22-11-15-27-43(36)53(44)35-20-8-3-9-21-35)45(32-16-4-1-5-17-32)47(52)54(48)49-50-41-25-13-10-23-37(41)46(51-49)33-18-6-2-7-19-33/h1-31,48,55H. The van der Waals surface area contributed by atoms with Crippen LogP contribution in [-0.2, 0) is 0 Å². The molecule has 260 valence electrons. The predicted octanol–water partition coefficient (Wildman–Crippen LogP) is 11.7. The molecule has 11 rings (SSSR count). The third kappa shape index (κ3) is 4.86. The molecule has 1 N–H and O–H groups in total. The van der Waals surface area contributed by atoms with Crippen LogP contribution in [-0.4, -0.2) is 24.2 Å². The Labute approximate surface area is 317 Å². The van der Waals surface area contributed by atoms with Crippen LogP contribution in [0, 0.1) is 0 Å². The molecule has 0 amide bonds. The van der Waals surface area contributed by atoms with Gasteiger partial charge in [-0.1, -0.05) is 140 Å². The van der Waals surface area contributed by atoms with Crippen molar-refractivity contribution in [2.45, 2.75) is 6.23 Å². The van der Waals surface area contributed by atoms with E-state index in [9.17, 15) is 5.11 Å². The summed E-state index contributed by atoms with van der Waals surface area (Å²) < 4.78 is 4.55. The van der Waals surface area contributed by atoms with Crippen molar-refractivity contribution < 1.29 is 5.11 Å². The average Bonchev–Trinajstić information content (AvgIpc) is 3.81. The average molecular weight is 708 g/mol. The molecule has 0 aliphatic carbocycles. The number of fused-ring (bicyclic) bond motifs is 7. The van der Waals surface area contributed by atoms with Crippen LogP contribution < -0.4 is 4.90 Å². The zero-order chi connectivity index (χ0) is 36.5. The maximum absolute atomic E-state index is 12.5. The fourth-order valence-electron chi connectivity index (χ4n) is 8.39. The van der Waals surface area contributed by atoms with E-state index < -0.39 is 6.23 Å². The molecule has 7 aromatic carbocycles. The summed E-state index contributed by atoms with van der Waals surface area (Å²) in [5, 5.41) is 15.8. The summed E-state index contributed by atoms with van der Waals surface area (Å²) in [5.41, 5.74) is 11.8. The maximum atomic E-state index is 12.5. The Morgan fingerprint density at radius 3 is 1.95 bits per heavy atom. The van der Waals surface area contributed by atoms with Crippen LogP contribution in [0.3, 0.4) is 0 Å². The number of anilines is 2. The van der Waals surface area contributed by atoms with Gasteiger partial charge in [-0.15, -0.1) is 0 Å². The number of hydrogen-bond donors (Lipinski definition) is 1. The molecule has 1 atom stereocenters. The lowest BCUT2D eigenvalue weighted by molar-refractivity contribution is 0.178. The van der Waals surface area contributed by atoms with Crippen LogP contribution in [0.1, 0.15) is 11.8 Å². The second-order valence-electron chi connectivity index (χ2n) is 14.0. The molecule has 1 aliphatic heterocycles. The summed E-state index contributed by atoms with van der Waals surface area (Å²) in [4.78, 5) is 12.4. The van der Waals surface area contributed by atoms with Crippen LogP contribution >= 0.6 is 0 Å². The first-order chi connectivity index (χ1) is 27.2. The van der Waals surface area contributed by atoms with Gasteiger partial charge in [-0.2, -0.15) is 0 Å². The summed E-state index contributed by atoms with van der Waals surface area (Å²) in [6.45, 7) is 0. The first-order valence-corrected chi connectivity index (χ1v) is 18.5. The zero-order valence-electron chi connectivity index (χ0n) is 29.7. The van der Waals surface area contributed by atoms with E-state index in [1.807, 2.05) is 65.6 Å². The fraction of sp³-hybridized carbons (Fsp3) is 0.0204. The molecular formula is C49H33N5O. The molecule has 0 radical (unpaired) electrons. The van der Waals surface area contributed by atoms with Crippen molar-refractivity contribution >= 4 is 44.5 Å². The third-order valence-corrected chi connectivity index (χ3v) is 10.8. The molecule has 55 heavy (non-hydrogen) atoms. The first kappa shape index (κ1) is 31.3. The minimum Gasteiger partial charge on any atom is -0.369 e. The van der Waals surface area contributed by atoms with Gasteiger partial charge in [0.05, 0.1) is 27.9 Å². The third-order valence-electron chi connectivity index (χ3n) is 10.8. The molecule has 1 aliphatic rings. The first-order valence-electron chi connectivity index (χ1n) is 18.5. The van der Waals surface area contributed by atoms with Crippen LogP contribution in [0.15, 0.2) is 188 Å². The van der Waals surface area contributed by atoms with E-state index >= 15 is 0 Å². The number of aliphatic hydroxyl groups excluding tert-OH is 1. The number of hydrogen-bond acceptors (Lipinski definition) is 4. The van der Waals surface area contributed by atoms with E-state index in [0.717, 1.165) is 78.2 Å². The monoisotopic (exact) mass is 707 g/mol. The summed E-state index contributed by atoms with van der Waals surface area (Å²) in [6, 6.07) is 62.7. The van der Waals surface area contributed by atoms with Crippen LogP contribution in [0.25, 0.3) is 77.6 Å². The Balaban J connectivity index is 1.21. The van der Waals surface area contributed by atoms with Crippen LogP contribution in [0.5, 0.6) is 0 Å². The Hall–Kier alpha value is -7.28. The molecule has 4 heterocycles. The molecular weight excluding hydrogens is 675 g/mol. The number of para-hydroxylation sites is 4. The van der Waals surface area contributed by atoms with Crippen molar-refractivity contribution in [3.05, 3.63) is 194 Å². The molecule has 1 unspecified atom stereocenters. The van der Waals surface area contributed by atoms with E-state index in [2.05, 4.69) is 137 Å². The molecule has 0 saturated carbocycles. The minimum absolute atomic E-state index is 0.420. The largest absolute Gasteiger partial charge is 0.369 e. The van der Waals surface area contributed by atoms with Gasteiger partial charge in [-0.05, 0) is 53.6 Å². The molecule has 0 fully saturated rings. The summed E-state index contributed by atoms with van der Waals surface area (Å²) >= 11 is 0. The van der Waals surface area contributed by atoms with Gasteiger partial charge in [0.25, 0.3) is 0 Å². The smallest absolute Gasteiger partial charge is 0.234 e. The van der Waals surface area contributed by atoms with Gasteiger partial charge in [-0.3, -0.25) is 4.90 Å². The van der Waals surface area contributed by atoms with Crippen molar-refractivity contribution in [3.63, 3.8) is 0 Å². The quantitative estimate of drug-likeness (QED) is 0.193. The van der Waals surface area contributed by atoms with E-state index in [1.54, 1.807) is 0 Å². The Kier molecular flexibility index (Phi) is 7.05. The molecule has 0 saturated heterocycles. The van der Waals surface area contributed by atoms with Crippen molar-refractivity contribution in [1.82, 2.24) is 19.1 Å². The van der Waals surface area contributed by atoms with Gasteiger partial charge in [0.2, 0.25) is 5.95 Å². The van der Waals surface area contributed by atoms with Gasteiger partial charge in [0.15, 0.2) is 6.23 Å². The van der Waals surface area contributed by atoms with Crippen LogP contribution in [0.4, 0.5) is 11.8 Å². The SMILES string of the molecule is OC1c2ccccc2-n2cc(-c3ccc4c(c3)c3ccccc3n4-c3ccccc3)c(-c3ccccc3)c2N1c1nc(-c2ccccc2)c2ccccc2n1. The molecule has 0 bridgehead atoms. The summed E-state index contributed by atoms with van der Waals surface area (Å²) in [5.74, 6) is 1.22. The van der Waals surface area contributed by atoms with Crippen molar-refractivity contribution in [1.29, 1.82) is 0 Å². The van der Waals surface area contributed by atoms with Gasteiger partial charge in [0.1, 0.15) is 5.82 Å².